The second kappa shape index (κ2) is 3.71. The van der Waals surface area contributed by atoms with Crippen LogP contribution in [0.5, 0.6) is 5.75 Å². The molecular weight excluding hydrogens is 234 g/mol. The summed E-state index contributed by atoms with van der Waals surface area (Å²) in [6.07, 6.45) is 1.65. The number of aromatic nitrogens is 2. The van der Waals surface area contributed by atoms with Crippen molar-refractivity contribution in [3.8, 4) is 17.0 Å². The SMILES string of the molecule is Nc1nc(-c2ccc(O)c3ncccc23)cs1. The van der Waals surface area contributed by atoms with Gasteiger partial charge in [-0.1, -0.05) is 6.07 Å². The van der Waals surface area contributed by atoms with E-state index in [0.717, 1.165) is 16.6 Å². The first-order valence-electron chi connectivity index (χ1n) is 5.04. The number of nitrogen functional groups attached to an aromatic ring is 1. The lowest BCUT2D eigenvalue weighted by molar-refractivity contribution is 0.480. The maximum absolute atomic E-state index is 9.74. The largest absolute Gasteiger partial charge is 0.506 e. The summed E-state index contributed by atoms with van der Waals surface area (Å²) in [5.41, 5.74) is 7.95. The van der Waals surface area contributed by atoms with Crippen molar-refractivity contribution in [2.24, 2.45) is 0 Å². The molecule has 0 fully saturated rings. The van der Waals surface area contributed by atoms with E-state index in [4.69, 9.17) is 5.73 Å². The van der Waals surface area contributed by atoms with Crippen molar-refractivity contribution >= 4 is 27.4 Å². The monoisotopic (exact) mass is 243 g/mol. The number of rotatable bonds is 1. The minimum atomic E-state index is 0.174. The Kier molecular flexibility index (Phi) is 2.19. The number of benzene rings is 1. The molecule has 1 aromatic carbocycles. The number of pyridine rings is 1. The molecule has 0 bridgehead atoms. The van der Waals surface area contributed by atoms with E-state index in [-0.39, 0.29) is 5.75 Å². The molecule has 0 saturated heterocycles. The first kappa shape index (κ1) is 10.0. The number of phenols is 1. The molecule has 17 heavy (non-hydrogen) atoms. The highest BCUT2D eigenvalue weighted by molar-refractivity contribution is 7.13. The molecule has 3 N–H and O–H groups in total. The number of thiazole rings is 1. The lowest BCUT2D eigenvalue weighted by Gasteiger charge is -2.04. The Hall–Kier alpha value is -2.14. The normalized spacial score (nSPS) is 10.8. The maximum atomic E-state index is 9.74. The quantitative estimate of drug-likeness (QED) is 0.689. The molecule has 3 aromatic rings. The van der Waals surface area contributed by atoms with Crippen molar-refractivity contribution in [3.05, 3.63) is 35.8 Å². The van der Waals surface area contributed by atoms with Crippen molar-refractivity contribution in [1.82, 2.24) is 9.97 Å². The van der Waals surface area contributed by atoms with Gasteiger partial charge in [0.2, 0.25) is 0 Å². The second-order valence-electron chi connectivity index (χ2n) is 3.60. The van der Waals surface area contributed by atoms with Crippen LogP contribution in [-0.4, -0.2) is 15.1 Å². The fraction of sp³-hybridized carbons (Fsp3) is 0. The van der Waals surface area contributed by atoms with Crippen LogP contribution in [0.25, 0.3) is 22.2 Å². The van der Waals surface area contributed by atoms with E-state index in [2.05, 4.69) is 9.97 Å². The van der Waals surface area contributed by atoms with Gasteiger partial charge in [-0.3, -0.25) is 4.98 Å². The molecule has 0 atom stereocenters. The first-order chi connectivity index (χ1) is 8.25. The summed E-state index contributed by atoms with van der Waals surface area (Å²) in [5.74, 6) is 0.174. The third-order valence-electron chi connectivity index (χ3n) is 2.55. The summed E-state index contributed by atoms with van der Waals surface area (Å²) in [6.45, 7) is 0. The Balaban J connectivity index is 2.34. The first-order valence-corrected chi connectivity index (χ1v) is 5.92. The molecule has 4 nitrogen and oxygen atoms in total. The summed E-state index contributed by atoms with van der Waals surface area (Å²) < 4.78 is 0. The Morgan fingerprint density at radius 3 is 2.88 bits per heavy atom. The minimum Gasteiger partial charge on any atom is -0.506 e. The molecule has 0 aliphatic carbocycles. The van der Waals surface area contributed by atoms with Gasteiger partial charge in [-0.15, -0.1) is 11.3 Å². The highest BCUT2D eigenvalue weighted by atomic mass is 32.1. The molecule has 0 aliphatic heterocycles. The lowest BCUT2D eigenvalue weighted by atomic mass is 10.1. The van der Waals surface area contributed by atoms with E-state index >= 15 is 0 Å². The van der Waals surface area contributed by atoms with E-state index in [1.807, 2.05) is 23.6 Å². The van der Waals surface area contributed by atoms with E-state index in [9.17, 15) is 5.11 Å². The molecule has 5 heteroatoms. The van der Waals surface area contributed by atoms with Crippen molar-refractivity contribution in [2.45, 2.75) is 0 Å². The number of anilines is 1. The molecule has 0 unspecified atom stereocenters. The molecule has 0 amide bonds. The van der Waals surface area contributed by atoms with Gasteiger partial charge in [-0.05, 0) is 18.2 Å². The van der Waals surface area contributed by atoms with Gasteiger partial charge >= 0.3 is 0 Å². The Morgan fingerprint density at radius 1 is 1.24 bits per heavy atom. The molecule has 0 saturated carbocycles. The zero-order valence-corrected chi connectivity index (χ0v) is 9.61. The van der Waals surface area contributed by atoms with Gasteiger partial charge in [0.15, 0.2) is 5.13 Å². The van der Waals surface area contributed by atoms with E-state index in [1.165, 1.54) is 11.3 Å². The molecule has 0 spiro atoms. The van der Waals surface area contributed by atoms with Gasteiger partial charge in [0.1, 0.15) is 11.3 Å². The van der Waals surface area contributed by atoms with Crippen LogP contribution in [0.15, 0.2) is 35.8 Å². The maximum Gasteiger partial charge on any atom is 0.180 e. The topological polar surface area (TPSA) is 72.0 Å². The smallest absolute Gasteiger partial charge is 0.180 e. The van der Waals surface area contributed by atoms with Crippen LogP contribution >= 0.6 is 11.3 Å². The number of nitrogens with two attached hydrogens (primary N) is 1. The van der Waals surface area contributed by atoms with E-state index in [1.54, 1.807) is 12.3 Å². The summed E-state index contributed by atoms with van der Waals surface area (Å²) in [6, 6.07) is 7.20. The third-order valence-corrected chi connectivity index (χ3v) is 3.22. The number of fused-ring (bicyclic) bond motifs is 1. The van der Waals surface area contributed by atoms with Crippen LogP contribution in [0.3, 0.4) is 0 Å². The summed E-state index contributed by atoms with van der Waals surface area (Å²) in [7, 11) is 0. The minimum absolute atomic E-state index is 0.174. The highest BCUT2D eigenvalue weighted by Crippen LogP contribution is 2.33. The molecule has 2 heterocycles. The fourth-order valence-corrected chi connectivity index (χ4v) is 2.36. The average molecular weight is 243 g/mol. The number of hydrogen-bond acceptors (Lipinski definition) is 5. The van der Waals surface area contributed by atoms with E-state index < -0.39 is 0 Å². The third kappa shape index (κ3) is 1.60. The number of hydrogen-bond donors (Lipinski definition) is 2. The van der Waals surface area contributed by atoms with Crippen LogP contribution < -0.4 is 5.73 Å². The summed E-state index contributed by atoms with van der Waals surface area (Å²) in [4.78, 5) is 8.42. The van der Waals surface area contributed by atoms with Crippen LogP contribution in [0, 0.1) is 0 Å². The summed E-state index contributed by atoms with van der Waals surface area (Å²) in [5, 5.41) is 13.0. The highest BCUT2D eigenvalue weighted by Gasteiger charge is 2.10. The lowest BCUT2D eigenvalue weighted by Crippen LogP contribution is -1.86. The van der Waals surface area contributed by atoms with Crippen LogP contribution in [0.1, 0.15) is 0 Å². The average Bonchev–Trinajstić information content (AvgIpc) is 2.77. The fourth-order valence-electron chi connectivity index (χ4n) is 1.79. The summed E-state index contributed by atoms with van der Waals surface area (Å²) >= 11 is 1.40. The predicted molar refractivity (Wildman–Crippen MR) is 68.9 cm³/mol. The van der Waals surface area contributed by atoms with Crippen LogP contribution in [0.4, 0.5) is 5.13 Å². The van der Waals surface area contributed by atoms with Crippen molar-refractivity contribution in [3.63, 3.8) is 0 Å². The Labute approximate surface area is 101 Å². The van der Waals surface area contributed by atoms with Gasteiger partial charge in [0, 0.05) is 22.5 Å². The Morgan fingerprint density at radius 2 is 2.12 bits per heavy atom. The molecule has 0 radical (unpaired) electrons. The number of nitrogens with zero attached hydrogens (tertiary/aromatic N) is 2. The standard InChI is InChI=1S/C12H9N3OS/c13-12-15-9(6-17-12)7-3-4-10(16)11-8(7)2-1-5-14-11/h1-6,16H,(H2,13,15). The second-order valence-corrected chi connectivity index (χ2v) is 4.49. The molecule has 0 aliphatic rings. The van der Waals surface area contributed by atoms with Crippen LogP contribution in [0.2, 0.25) is 0 Å². The van der Waals surface area contributed by atoms with Crippen molar-refractivity contribution < 1.29 is 5.11 Å². The van der Waals surface area contributed by atoms with Crippen LogP contribution in [-0.2, 0) is 0 Å². The van der Waals surface area contributed by atoms with Gasteiger partial charge in [0.25, 0.3) is 0 Å². The molecule has 84 valence electrons. The predicted octanol–water partition coefficient (Wildman–Crippen LogP) is 2.65. The van der Waals surface area contributed by atoms with Gasteiger partial charge in [-0.2, -0.15) is 0 Å². The van der Waals surface area contributed by atoms with Gasteiger partial charge < -0.3 is 10.8 Å². The zero-order valence-electron chi connectivity index (χ0n) is 8.79. The number of phenolic OH excluding ortho intramolecular Hbond substituents is 1. The molecule has 3 rings (SSSR count). The Bertz CT molecular complexity index is 693. The van der Waals surface area contributed by atoms with Crippen molar-refractivity contribution in [2.75, 3.05) is 5.73 Å². The van der Waals surface area contributed by atoms with Gasteiger partial charge in [-0.25, -0.2) is 4.98 Å². The number of aromatic hydroxyl groups is 1. The molecule has 2 aromatic heterocycles. The van der Waals surface area contributed by atoms with E-state index in [0.29, 0.717) is 10.6 Å². The zero-order chi connectivity index (χ0) is 11.8. The van der Waals surface area contributed by atoms with Gasteiger partial charge in [0.05, 0.1) is 5.69 Å². The van der Waals surface area contributed by atoms with Crippen molar-refractivity contribution in [1.29, 1.82) is 0 Å². The molecular formula is C12H9N3OS.